The summed E-state index contributed by atoms with van der Waals surface area (Å²) in [6.07, 6.45) is -4.76. The van der Waals surface area contributed by atoms with E-state index < -0.39 is 21.8 Å². The molecule has 1 aliphatic heterocycles. The van der Waals surface area contributed by atoms with Crippen LogP contribution in [0.15, 0.2) is 77.7 Å². The van der Waals surface area contributed by atoms with Crippen molar-refractivity contribution in [2.24, 2.45) is 0 Å². The van der Waals surface area contributed by atoms with Crippen LogP contribution in [0.1, 0.15) is 23.6 Å². The third kappa shape index (κ3) is 5.49. The van der Waals surface area contributed by atoms with Gasteiger partial charge < -0.3 is 5.11 Å². The van der Waals surface area contributed by atoms with E-state index in [9.17, 15) is 26.7 Å². The first-order valence-corrected chi connectivity index (χ1v) is 13.1. The zero-order valence-electron chi connectivity index (χ0n) is 20.2. The van der Waals surface area contributed by atoms with Gasteiger partial charge in [-0.15, -0.1) is 0 Å². The van der Waals surface area contributed by atoms with Gasteiger partial charge in [-0.2, -0.15) is 17.5 Å². The van der Waals surface area contributed by atoms with Gasteiger partial charge >= 0.3 is 6.18 Å². The molecule has 1 saturated heterocycles. The Hall–Kier alpha value is -2.72. The molecule has 0 saturated carbocycles. The molecule has 1 unspecified atom stereocenters. The average Bonchev–Trinajstić information content (AvgIpc) is 2.84. The SMILES string of the molecule is Cc1ccc(S(=O)(=O)N2CCN(Cc3ccc(-c4ccc(C(C)(O)C(F)(F)F)cc4)cc3)CC2)cc1. The van der Waals surface area contributed by atoms with Crippen molar-refractivity contribution in [3.63, 3.8) is 0 Å². The Morgan fingerprint density at radius 2 is 1.31 bits per heavy atom. The molecule has 0 radical (unpaired) electrons. The lowest BCUT2D eigenvalue weighted by Crippen LogP contribution is -2.48. The molecule has 3 aromatic carbocycles. The lowest BCUT2D eigenvalue weighted by atomic mass is 9.93. The van der Waals surface area contributed by atoms with Crippen LogP contribution in [0.5, 0.6) is 0 Å². The fourth-order valence-electron chi connectivity index (χ4n) is 4.20. The molecule has 1 fully saturated rings. The molecule has 36 heavy (non-hydrogen) atoms. The monoisotopic (exact) mass is 518 g/mol. The maximum atomic E-state index is 13.1. The number of aliphatic hydroxyl groups is 1. The van der Waals surface area contributed by atoms with Crippen LogP contribution < -0.4 is 0 Å². The van der Waals surface area contributed by atoms with Gasteiger partial charge in [0.05, 0.1) is 4.90 Å². The maximum Gasteiger partial charge on any atom is 0.421 e. The van der Waals surface area contributed by atoms with Crippen molar-refractivity contribution in [2.75, 3.05) is 26.2 Å². The molecule has 192 valence electrons. The summed E-state index contributed by atoms with van der Waals surface area (Å²) < 4.78 is 66.5. The van der Waals surface area contributed by atoms with Crippen LogP contribution in [0.25, 0.3) is 11.1 Å². The summed E-state index contributed by atoms with van der Waals surface area (Å²) in [5, 5.41) is 9.84. The van der Waals surface area contributed by atoms with Gasteiger partial charge in [0.1, 0.15) is 0 Å². The first-order valence-electron chi connectivity index (χ1n) is 11.7. The molecule has 1 N–H and O–H groups in total. The fraction of sp³-hybridized carbons (Fsp3) is 0.333. The highest BCUT2D eigenvalue weighted by Crippen LogP contribution is 2.39. The predicted octanol–water partition coefficient (Wildman–Crippen LogP) is 4.94. The fourth-order valence-corrected chi connectivity index (χ4v) is 5.62. The number of hydrogen-bond donors (Lipinski definition) is 1. The second-order valence-electron chi connectivity index (χ2n) is 9.34. The average molecular weight is 519 g/mol. The van der Waals surface area contributed by atoms with E-state index >= 15 is 0 Å². The highest BCUT2D eigenvalue weighted by Gasteiger charge is 2.51. The Morgan fingerprint density at radius 1 is 0.806 bits per heavy atom. The normalized spacial score (nSPS) is 17.6. The van der Waals surface area contributed by atoms with Crippen LogP contribution in [0.4, 0.5) is 13.2 Å². The van der Waals surface area contributed by atoms with E-state index in [1.54, 1.807) is 36.4 Å². The largest absolute Gasteiger partial charge is 0.421 e. The number of benzene rings is 3. The number of halogens is 3. The quantitative estimate of drug-likeness (QED) is 0.502. The zero-order chi connectivity index (χ0) is 26.1. The van der Waals surface area contributed by atoms with Crippen molar-refractivity contribution < 1.29 is 26.7 Å². The Balaban J connectivity index is 1.35. The molecule has 0 aromatic heterocycles. The third-order valence-electron chi connectivity index (χ3n) is 6.68. The van der Waals surface area contributed by atoms with Crippen molar-refractivity contribution in [3.05, 3.63) is 89.5 Å². The summed E-state index contributed by atoms with van der Waals surface area (Å²) in [7, 11) is -3.50. The third-order valence-corrected chi connectivity index (χ3v) is 8.60. The summed E-state index contributed by atoms with van der Waals surface area (Å²) in [6, 6.07) is 20.3. The first kappa shape index (κ1) is 26.3. The molecule has 1 heterocycles. The van der Waals surface area contributed by atoms with E-state index in [0.717, 1.165) is 29.2 Å². The zero-order valence-corrected chi connectivity index (χ0v) is 21.0. The van der Waals surface area contributed by atoms with Gasteiger partial charge in [0.25, 0.3) is 0 Å². The highest BCUT2D eigenvalue weighted by atomic mass is 32.2. The predicted molar refractivity (Wildman–Crippen MR) is 133 cm³/mol. The Labute approximate surface area is 209 Å². The van der Waals surface area contributed by atoms with Gasteiger partial charge in [-0.3, -0.25) is 4.90 Å². The molecule has 5 nitrogen and oxygen atoms in total. The maximum absolute atomic E-state index is 13.1. The minimum Gasteiger partial charge on any atom is -0.376 e. The number of sulfonamides is 1. The Morgan fingerprint density at radius 3 is 1.81 bits per heavy atom. The number of aryl methyl sites for hydroxylation is 1. The minimum absolute atomic E-state index is 0.209. The van der Waals surface area contributed by atoms with Crippen LogP contribution >= 0.6 is 0 Å². The minimum atomic E-state index is -4.76. The van der Waals surface area contributed by atoms with Gasteiger partial charge in [0.2, 0.25) is 10.0 Å². The van der Waals surface area contributed by atoms with Gasteiger partial charge in [0.15, 0.2) is 5.60 Å². The number of alkyl halides is 3. The molecular formula is C27H29F3N2O3S. The van der Waals surface area contributed by atoms with Crippen LogP contribution in [-0.4, -0.2) is 55.1 Å². The van der Waals surface area contributed by atoms with Crippen molar-refractivity contribution in [1.82, 2.24) is 9.21 Å². The first-order chi connectivity index (χ1) is 16.9. The summed E-state index contributed by atoms with van der Waals surface area (Å²) in [5.74, 6) is 0. The van der Waals surface area contributed by atoms with E-state index in [4.69, 9.17) is 0 Å². The Bertz CT molecular complexity index is 1280. The molecule has 0 aliphatic carbocycles. The van der Waals surface area contributed by atoms with Crippen molar-refractivity contribution in [1.29, 1.82) is 0 Å². The van der Waals surface area contributed by atoms with E-state index in [-0.39, 0.29) is 5.56 Å². The molecule has 0 bridgehead atoms. The number of nitrogens with zero attached hydrogens (tertiary/aromatic N) is 2. The summed E-state index contributed by atoms with van der Waals surface area (Å²) in [6.45, 7) is 5.41. The van der Waals surface area contributed by atoms with Gasteiger partial charge in [-0.25, -0.2) is 8.42 Å². The number of rotatable bonds is 6. The second kappa shape index (κ2) is 9.97. The molecule has 9 heteroatoms. The van der Waals surface area contributed by atoms with E-state index in [0.29, 0.717) is 37.6 Å². The lowest BCUT2D eigenvalue weighted by molar-refractivity contribution is -0.258. The van der Waals surface area contributed by atoms with Crippen LogP contribution in [0.3, 0.4) is 0 Å². The molecule has 0 spiro atoms. The van der Waals surface area contributed by atoms with Gasteiger partial charge in [-0.05, 0) is 48.2 Å². The molecular weight excluding hydrogens is 489 g/mol. The highest BCUT2D eigenvalue weighted by molar-refractivity contribution is 7.89. The summed E-state index contributed by atoms with van der Waals surface area (Å²) in [4.78, 5) is 2.51. The van der Waals surface area contributed by atoms with Crippen molar-refractivity contribution >= 4 is 10.0 Å². The molecule has 1 atom stereocenters. The Kier molecular flexibility index (Phi) is 7.30. The molecule has 0 amide bonds. The standard InChI is InChI=1S/C27H29F3N2O3S/c1-20-3-13-25(14-4-20)36(34,35)32-17-15-31(16-18-32)19-21-5-7-22(8-6-21)23-9-11-24(12-10-23)26(2,33)27(28,29)30/h3-14,33H,15-19H2,1-2H3. The topological polar surface area (TPSA) is 60.9 Å². The van der Waals surface area contributed by atoms with E-state index in [1.165, 1.54) is 16.4 Å². The van der Waals surface area contributed by atoms with E-state index in [1.807, 2.05) is 31.2 Å². The van der Waals surface area contributed by atoms with Gasteiger partial charge in [0, 0.05) is 32.7 Å². The summed E-state index contributed by atoms with van der Waals surface area (Å²) >= 11 is 0. The number of piperazine rings is 1. The number of hydrogen-bond acceptors (Lipinski definition) is 4. The lowest BCUT2D eigenvalue weighted by Gasteiger charge is -2.34. The van der Waals surface area contributed by atoms with Crippen molar-refractivity contribution in [2.45, 2.75) is 37.1 Å². The summed E-state index contributed by atoms with van der Waals surface area (Å²) in [5.41, 5.74) is 0.559. The van der Waals surface area contributed by atoms with E-state index in [2.05, 4.69) is 4.90 Å². The van der Waals surface area contributed by atoms with Crippen LogP contribution in [0, 0.1) is 6.92 Å². The van der Waals surface area contributed by atoms with Gasteiger partial charge in [-0.1, -0.05) is 66.2 Å². The van der Waals surface area contributed by atoms with Crippen molar-refractivity contribution in [3.8, 4) is 11.1 Å². The molecule has 3 aromatic rings. The smallest absolute Gasteiger partial charge is 0.376 e. The molecule has 1 aliphatic rings. The molecule has 4 rings (SSSR count). The van der Waals surface area contributed by atoms with Crippen LogP contribution in [0.2, 0.25) is 0 Å². The van der Waals surface area contributed by atoms with Crippen LogP contribution in [-0.2, 0) is 22.2 Å². The second-order valence-corrected chi connectivity index (χ2v) is 11.3.